The number of fused-ring (bicyclic) bond motifs is 1. The van der Waals surface area contributed by atoms with Crippen molar-refractivity contribution >= 4 is 29.5 Å². The maximum Gasteiger partial charge on any atom is 0.308 e. The van der Waals surface area contributed by atoms with Gasteiger partial charge in [0, 0.05) is 18.2 Å². The molecule has 0 saturated heterocycles. The quantitative estimate of drug-likeness (QED) is 0.596. The van der Waals surface area contributed by atoms with E-state index in [1.165, 1.54) is 6.07 Å². The number of amides is 3. The normalized spacial score (nSPS) is 13.3. The molecule has 2 heterocycles. The van der Waals surface area contributed by atoms with Crippen LogP contribution in [0.5, 0.6) is 0 Å². The van der Waals surface area contributed by atoms with Gasteiger partial charge >= 0.3 is 5.97 Å². The van der Waals surface area contributed by atoms with E-state index in [0.717, 1.165) is 4.90 Å². The van der Waals surface area contributed by atoms with E-state index in [-0.39, 0.29) is 31.1 Å². The minimum absolute atomic E-state index is 0.102. The molecule has 9 nitrogen and oxygen atoms in total. The van der Waals surface area contributed by atoms with Crippen LogP contribution in [0.1, 0.15) is 28.1 Å². The van der Waals surface area contributed by atoms with Gasteiger partial charge in [-0.25, -0.2) is 0 Å². The molecule has 0 saturated carbocycles. The summed E-state index contributed by atoms with van der Waals surface area (Å²) in [6.45, 7) is 1.06. The number of carbonyl (C=O) groups excluding carboxylic acids is 4. The second-order valence-electron chi connectivity index (χ2n) is 5.97. The van der Waals surface area contributed by atoms with Crippen molar-refractivity contribution in [3.63, 3.8) is 0 Å². The van der Waals surface area contributed by atoms with E-state index in [9.17, 15) is 19.2 Å². The number of aryl methyl sites for hydroxylation is 1. The van der Waals surface area contributed by atoms with E-state index in [4.69, 9.17) is 9.26 Å². The van der Waals surface area contributed by atoms with E-state index in [0.29, 0.717) is 16.9 Å². The molecule has 3 rings (SSSR count). The number of imide groups is 1. The van der Waals surface area contributed by atoms with Gasteiger partial charge in [-0.2, -0.15) is 0 Å². The van der Waals surface area contributed by atoms with Crippen molar-refractivity contribution in [1.29, 1.82) is 0 Å². The molecule has 9 heteroatoms. The molecule has 27 heavy (non-hydrogen) atoms. The molecule has 140 valence electrons. The van der Waals surface area contributed by atoms with Crippen molar-refractivity contribution in [1.82, 2.24) is 10.1 Å². The molecule has 1 aliphatic rings. The van der Waals surface area contributed by atoms with Crippen molar-refractivity contribution in [3.8, 4) is 0 Å². The van der Waals surface area contributed by atoms with Crippen LogP contribution in [0.3, 0.4) is 0 Å². The van der Waals surface area contributed by atoms with Crippen molar-refractivity contribution in [2.24, 2.45) is 0 Å². The molecule has 2 aromatic rings. The molecule has 1 aromatic carbocycles. The van der Waals surface area contributed by atoms with Gasteiger partial charge in [-0.15, -0.1) is 0 Å². The summed E-state index contributed by atoms with van der Waals surface area (Å²) in [5.41, 5.74) is 1.12. The average molecular weight is 371 g/mol. The lowest BCUT2D eigenvalue weighted by atomic mass is 9.98. The second kappa shape index (κ2) is 7.81. The van der Waals surface area contributed by atoms with Gasteiger partial charge in [-0.1, -0.05) is 23.4 Å². The van der Waals surface area contributed by atoms with Crippen molar-refractivity contribution < 1.29 is 28.4 Å². The van der Waals surface area contributed by atoms with Gasteiger partial charge in [0.2, 0.25) is 5.91 Å². The highest BCUT2D eigenvalue weighted by Crippen LogP contribution is 2.19. The van der Waals surface area contributed by atoms with Gasteiger partial charge in [-0.05, 0) is 18.6 Å². The fourth-order valence-electron chi connectivity index (χ4n) is 2.65. The highest BCUT2D eigenvalue weighted by molar-refractivity contribution is 6.09. The Morgan fingerprint density at radius 1 is 1.30 bits per heavy atom. The number of nitrogens with zero attached hydrogens (tertiary/aromatic N) is 2. The molecule has 0 unspecified atom stereocenters. The Morgan fingerprint density at radius 3 is 2.81 bits per heavy atom. The molecule has 0 fully saturated rings. The van der Waals surface area contributed by atoms with Crippen molar-refractivity contribution in [3.05, 3.63) is 47.2 Å². The highest BCUT2D eigenvalue weighted by atomic mass is 16.5. The van der Waals surface area contributed by atoms with E-state index >= 15 is 0 Å². The molecule has 1 aliphatic heterocycles. The van der Waals surface area contributed by atoms with Gasteiger partial charge in [-0.3, -0.25) is 24.1 Å². The van der Waals surface area contributed by atoms with E-state index in [1.807, 2.05) is 0 Å². The van der Waals surface area contributed by atoms with Crippen LogP contribution in [0, 0.1) is 6.92 Å². The van der Waals surface area contributed by atoms with Crippen molar-refractivity contribution in [2.75, 3.05) is 18.5 Å². The van der Waals surface area contributed by atoms with Crippen LogP contribution < -0.4 is 5.32 Å². The average Bonchev–Trinajstić information content (AvgIpc) is 3.04. The van der Waals surface area contributed by atoms with Crippen LogP contribution in [-0.4, -0.2) is 46.9 Å². The lowest BCUT2D eigenvalue weighted by Crippen LogP contribution is -2.43. The Hall–Kier alpha value is -3.49. The zero-order chi connectivity index (χ0) is 19.4. The first-order valence-corrected chi connectivity index (χ1v) is 8.25. The van der Waals surface area contributed by atoms with Crippen LogP contribution in [0.4, 0.5) is 5.82 Å². The summed E-state index contributed by atoms with van der Waals surface area (Å²) in [4.78, 5) is 49.0. The van der Waals surface area contributed by atoms with Crippen LogP contribution >= 0.6 is 0 Å². The summed E-state index contributed by atoms with van der Waals surface area (Å²) in [5, 5.41) is 6.00. The molecule has 3 amide bonds. The molecule has 0 spiro atoms. The molecule has 1 N–H and O–H groups in total. The number of rotatable bonds is 6. The van der Waals surface area contributed by atoms with Gasteiger partial charge < -0.3 is 14.6 Å². The molecule has 1 aromatic heterocycles. The zero-order valence-corrected chi connectivity index (χ0v) is 14.6. The predicted molar refractivity (Wildman–Crippen MR) is 91.6 cm³/mol. The number of hydrogen-bond acceptors (Lipinski definition) is 7. The number of ether oxygens (including phenoxy) is 1. The molecule has 0 aliphatic carbocycles. The molecular weight excluding hydrogens is 354 g/mol. The Labute approximate surface area is 154 Å². The predicted octanol–water partition coefficient (Wildman–Crippen LogP) is 1.08. The number of nitrogens with one attached hydrogen (secondary N) is 1. The summed E-state index contributed by atoms with van der Waals surface area (Å²) in [5.74, 6) is -1.33. The number of hydrogen-bond donors (Lipinski definition) is 1. The first kappa shape index (κ1) is 18.3. The number of benzene rings is 1. The maximum atomic E-state index is 12.4. The zero-order valence-electron chi connectivity index (χ0n) is 14.6. The molecule has 0 radical (unpaired) electrons. The minimum atomic E-state index is -0.694. The third-order valence-electron chi connectivity index (χ3n) is 3.93. The van der Waals surface area contributed by atoms with E-state index < -0.39 is 24.4 Å². The van der Waals surface area contributed by atoms with Gasteiger partial charge in [0.1, 0.15) is 5.76 Å². The summed E-state index contributed by atoms with van der Waals surface area (Å²) < 4.78 is 9.66. The number of carbonyl (C=O) groups is 4. The van der Waals surface area contributed by atoms with Crippen LogP contribution in [0.15, 0.2) is 34.9 Å². The summed E-state index contributed by atoms with van der Waals surface area (Å²) in [6.07, 6.45) is -0.0908. The van der Waals surface area contributed by atoms with E-state index in [1.54, 1.807) is 31.2 Å². The van der Waals surface area contributed by atoms with Crippen LogP contribution in [-0.2, 0) is 25.5 Å². The third-order valence-corrected chi connectivity index (χ3v) is 3.93. The van der Waals surface area contributed by atoms with Crippen LogP contribution in [0.2, 0.25) is 0 Å². The summed E-state index contributed by atoms with van der Waals surface area (Å²) in [6, 6.07) is 8.37. The molecule has 0 bridgehead atoms. The second-order valence-corrected chi connectivity index (χ2v) is 5.97. The van der Waals surface area contributed by atoms with E-state index in [2.05, 4.69) is 10.5 Å². The number of esters is 1. The summed E-state index contributed by atoms with van der Waals surface area (Å²) in [7, 11) is 0. The standard InChI is InChI=1S/C18H17N3O6/c1-11-8-14(20-27-11)19-15(22)10-26-17(24)6-7-21-16(23)9-12-4-2-3-5-13(12)18(21)25/h2-5,8H,6-7,9-10H2,1H3,(H,19,20,22). The maximum absolute atomic E-state index is 12.4. The topological polar surface area (TPSA) is 119 Å². The fourth-order valence-corrected chi connectivity index (χ4v) is 2.65. The Morgan fingerprint density at radius 2 is 2.07 bits per heavy atom. The lowest BCUT2D eigenvalue weighted by molar-refractivity contribution is -0.147. The Balaban J connectivity index is 1.47. The first-order chi connectivity index (χ1) is 12.9. The lowest BCUT2D eigenvalue weighted by Gasteiger charge is -2.26. The Kier molecular flexibility index (Phi) is 5.30. The summed E-state index contributed by atoms with van der Waals surface area (Å²) >= 11 is 0. The molecule has 0 atom stereocenters. The minimum Gasteiger partial charge on any atom is -0.456 e. The number of anilines is 1. The Bertz CT molecular complexity index is 904. The van der Waals surface area contributed by atoms with Gasteiger partial charge in [0.15, 0.2) is 12.4 Å². The monoisotopic (exact) mass is 371 g/mol. The van der Waals surface area contributed by atoms with Crippen molar-refractivity contribution in [2.45, 2.75) is 19.8 Å². The smallest absolute Gasteiger partial charge is 0.308 e. The van der Waals surface area contributed by atoms with Crippen LogP contribution in [0.25, 0.3) is 0 Å². The first-order valence-electron chi connectivity index (χ1n) is 8.25. The largest absolute Gasteiger partial charge is 0.456 e. The third kappa shape index (κ3) is 4.38. The van der Waals surface area contributed by atoms with Gasteiger partial charge in [0.25, 0.3) is 11.8 Å². The fraction of sp³-hybridized carbons (Fsp3) is 0.278. The SMILES string of the molecule is Cc1cc(NC(=O)COC(=O)CCN2C(=O)Cc3ccccc3C2=O)no1. The highest BCUT2D eigenvalue weighted by Gasteiger charge is 2.30. The molecular formula is C18H17N3O6. The van der Waals surface area contributed by atoms with Gasteiger partial charge in [0.05, 0.1) is 12.8 Å². The number of aromatic nitrogens is 1.